The normalized spacial score (nSPS) is 12.4. The lowest BCUT2D eigenvalue weighted by Crippen LogP contribution is -2.30. The van der Waals surface area contributed by atoms with E-state index in [0.29, 0.717) is 23.6 Å². The van der Waals surface area contributed by atoms with Gasteiger partial charge in [0.05, 0.1) is 12.5 Å². The maximum Gasteiger partial charge on any atom is 0.387 e. The number of ether oxygens (including phenoxy) is 1. The number of hydrogen-bond acceptors (Lipinski definition) is 5. The van der Waals surface area contributed by atoms with Crippen LogP contribution in [0.3, 0.4) is 0 Å². The zero-order valence-corrected chi connectivity index (χ0v) is 15.8. The third-order valence-corrected chi connectivity index (χ3v) is 4.23. The van der Waals surface area contributed by atoms with Gasteiger partial charge in [0.1, 0.15) is 5.75 Å². The van der Waals surface area contributed by atoms with Crippen LogP contribution in [0.4, 0.5) is 8.78 Å². The van der Waals surface area contributed by atoms with Crippen molar-refractivity contribution in [1.29, 1.82) is 0 Å². The Morgan fingerprint density at radius 3 is 2.71 bits per heavy atom. The fraction of sp³-hybridized carbons (Fsp3) is 0.368. The number of nitrogens with one attached hydrogen (secondary N) is 1. The molecule has 2 heterocycles. The fourth-order valence-electron chi connectivity index (χ4n) is 3.04. The Kier molecular flexibility index (Phi) is 5.81. The van der Waals surface area contributed by atoms with Gasteiger partial charge in [-0.15, -0.1) is 5.10 Å². The van der Waals surface area contributed by atoms with Crippen LogP contribution >= 0.6 is 0 Å². The van der Waals surface area contributed by atoms with Gasteiger partial charge in [-0.05, 0) is 32.4 Å². The van der Waals surface area contributed by atoms with Crippen molar-refractivity contribution < 1.29 is 18.3 Å². The predicted molar refractivity (Wildman–Crippen MR) is 98.2 cm³/mol. The van der Waals surface area contributed by atoms with Crippen molar-refractivity contribution in [1.82, 2.24) is 24.9 Å². The SMILES string of the molecule is CC[C@H](NC(=O)Cc1nc2nc(C)cc(C)n2n1)c1ccccc1OC(F)F. The quantitative estimate of drug-likeness (QED) is 0.671. The van der Waals surface area contributed by atoms with Gasteiger partial charge in [0.25, 0.3) is 5.78 Å². The maximum atomic E-state index is 12.6. The lowest BCUT2D eigenvalue weighted by Gasteiger charge is -2.20. The summed E-state index contributed by atoms with van der Waals surface area (Å²) in [6.45, 7) is 2.66. The van der Waals surface area contributed by atoms with Crippen molar-refractivity contribution in [2.75, 3.05) is 0 Å². The number of aromatic nitrogens is 4. The zero-order chi connectivity index (χ0) is 20.3. The average Bonchev–Trinajstić information content (AvgIpc) is 3.02. The second kappa shape index (κ2) is 8.28. The smallest absolute Gasteiger partial charge is 0.387 e. The molecule has 1 amide bonds. The molecule has 28 heavy (non-hydrogen) atoms. The van der Waals surface area contributed by atoms with E-state index in [1.165, 1.54) is 6.07 Å². The average molecular weight is 389 g/mol. The summed E-state index contributed by atoms with van der Waals surface area (Å²) in [4.78, 5) is 21.1. The second-order valence-corrected chi connectivity index (χ2v) is 6.40. The van der Waals surface area contributed by atoms with Crippen LogP contribution in [0, 0.1) is 13.8 Å². The molecular formula is C19H21F2N5O2. The van der Waals surface area contributed by atoms with E-state index in [9.17, 15) is 13.6 Å². The Bertz CT molecular complexity index is 990. The molecule has 3 rings (SSSR count). The molecule has 1 atom stereocenters. The summed E-state index contributed by atoms with van der Waals surface area (Å²) in [6, 6.07) is 7.83. The lowest BCUT2D eigenvalue weighted by molar-refractivity contribution is -0.121. The van der Waals surface area contributed by atoms with Crippen molar-refractivity contribution in [3.63, 3.8) is 0 Å². The molecule has 148 valence electrons. The molecule has 0 bridgehead atoms. The maximum absolute atomic E-state index is 12.6. The summed E-state index contributed by atoms with van der Waals surface area (Å²) < 4.78 is 31.4. The lowest BCUT2D eigenvalue weighted by atomic mass is 10.0. The van der Waals surface area contributed by atoms with Crippen molar-refractivity contribution in [3.05, 3.63) is 53.1 Å². The molecule has 1 N–H and O–H groups in total. The molecule has 1 aromatic carbocycles. The third kappa shape index (κ3) is 4.41. The van der Waals surface area contributed by atoms with E-state index in [-0.39, 0.29) is 18.1 Å². The molecule has 0 aliphatic heterocycles. The number of halogens is 2. The van der Waals surface area contributed by atoms with Crippen LogP contribution in [0.15, 0.2) is 30.3 Å². The molecule has 0 aliphatic rings. The van der Waals surface area contributed by atoms with E-state index >= 15 is 0 Å². The van der Waals surface area contributed by atoms with Gasteiger partial charge in [-0.25, -0.2) is 9.50 Å². The van der Waals surface area contributed by atoms with Gasteiger partial charge in [-0.1, -0.05) is 25.1 Å². The fourth-order valence-corrected chi connectivity index (χ4v) is 3.04. The third-order valence-electron chi connectivity index (χ3n) is 4.23. The number of nitrogens with zero attached hydrogens (tertiary/aromatic N) is 4. The molecular weight excluding hydrogens is 368 g/mol. The predicted octanol–water partition coefficient (Wildman–Crippen LogP) is 3.15. The molecule has 0 aliphatic carbocycles. The zero-order valence-electron chi connectivity index (χ0n) is 15.8. The van der Waals surface area contributed by atoms with Crippen molar-refractivity contribution in [2.45, 2.75) is 46.3 Å². The highest BCUT2D eigenvalue weighted by atomic mass is 19.3. The van der Waals surface area contributed by atoms with Crippen molar-refractivity contribution >= 4 is 11.7 Å². The molecule has 2 aromatic heterocycles. The molecule has 0 fully saturated rings. The van der Waals surface area contributed by atoms with Gasteiger partial charge < -0.3 is 10.1 Å². The summed E-state index contributed by atoms with van der Waals surface area (Å²) in [5.41, 5.74) is 2.18. The van der Waals surface area contributed by atoms with E-state index in [1.807, 2.05) is 26.8 Å². The topological polar surface area (TPSA) is 81.4 Å². The van der Waals surface area contributed by atoms with E-state index in [2.05, 4.69) is 25.1 Å². The molecule has 7 nitrogen and oxygen atoms in total. The molecule has 0 saturated heterocycles. The van der Waals surface area contributed by atoms with Crippen LogP contribution < -0.4 is 10.1 Å². The minimum atomic E-state index is -2.93. The first-order valence-corrected chi connectivity index (χ1v) is 8.90. The first-order chi connectivity index (χ1) is 13.4. The van der Waals surface area contributed by atoms with Crippen molar-refractivity contribution in [2.24, 2.45) is 0 Å². The standard InChI is InChI=1S/C19H21F2N5O2/c1-4-14(13-7-5-6-8-15(13)28-18(20)21)23-17(27)10-16-24-19-22-11(2)9-12(3)26(19)25-16/h5-9,14,18H,4,10H2,1-3H3,(H,23,27)/t14-/m0/s1. The number of amides is 1. The van der Waals surface area contributed by atoms with Crippen LogP contribution in [0.25, 0.3) is 5.78 Å². The summed E-state index contributed by atoms with van der Waals surface area (Å²) >= 11 is 0. The van der Waals surface area contributed by atoms with Gasteiger partial charge in [-0.2, -0.15) is 13.8 Å². The minimum absolute atomic E-state index is 0.0454. The number of benzene rings is 1. The summed E-state index contributed by atoms with van der Waals surface area (Å²) in [6.07, 6.45) is 0.462. The molecule has 0 radical (unpaired) electrons. The molecule has 0 unspecified atom stereocenters. The van der Waals surface area contributed by atoms with Gasteiger partial charge in [0.15, 0.2) is 5.82 Å². The summed E-state index contributed by atoms with van der Waals surface area (Å²) in [5, 5.41) is 7.16. The van der Waals surface area contributed by atoms with Gasteiger partial charge >= 0.3 is 6.61 Å². The van der Waals surface area contributed by atoms with E-state index in [0.717, 1.165) is 11.4 Å². The molecule has 9 heteroatoms. The first kappa shape index (κ1) is 19.7. The minimum Gasteiger partial charge on any atom is -0.434 e. The van der Waals surface area contributed by atoms with E-state index in [1.54, 1.807) is 22.7 Å². The highest BCUT2D eigenvalue weighted by Crippen LogP contribution is 2.28. The van der Waals surface area contributed by atoms with E-state index < -0.39 is 12.7 Å². The number of carbonyl (C=O) groups excluding carboxylic acids is 1. The van der Waals surface area contributed by atoms with Crippen LogP contribution in [-0.4, -0.2) is 32.1 Å². The number of hydrogen-bond donors (Lipinski definition) is 1. The van der Waals surface area contributed by atoms with Crippen LogP contribution in [0.5, 0.6) is 5.75 Å². The van der Waals surface area contributed by atoms with Crippen LogP contribution in [0.2, 0.25) is 0 Å². The Morgan fingerprint density at radius 1 is 1.25 bits per heavy atom. The highest BCUT2D eigenvalue weighted by Gasteiger charge is 2.20. The van der Waals surface area contributed by atoms with Gasteiger partial charge in [0, 0.05) is 17.0 Å². The Labute approximate surface area is 160 Å². The van der Waals surface area contributed by atoms with Crippen LogP contribution in [-0.2, 0) is 11.2 Å². The van der Waals surface area contributed by atoms with Crippen molar-refractivity contribution in [3.8, 4) is 5.75 Å². The number of rotatable bonds is 7. The molecule has 0 spiro atoms. The largest absolute Gasteiger partial charge is 0.434 e. The number of aryl methyl sites for hydroxylation is 2. The Balaban J connectivity index is 1.76. The number of para-hydroxylation sites is 1. The Morgan fingerprint density at radius 2 is 2.00 bits per heavy atom. The molecule has 0 saturated carbocycles. The summed E-state index contributed by atoms with van der Waals surface area (Å²) in [7, 11) is 0. The van der Waals surface area contributed by atoms with Gasteiger partial charge in [0.2, 0.25) is 5.91 Å². The Hall–Kier alpha value is -3.10. The highest BCUT2D eigenvalue weighted by molar-refractivity contribution is 5.78. The second-order valence-electron chi connectivity index (χ2n) is 6.40. The van der Waals surface area contributed by atoms with E-state index in [4.69, 9.17) is 0 Å². The number of alkyl halides is 2. The van der Waals surface area contributed by atoms with Gasteiger partial charge in [-0.3, -0.25) is 4.79 Å². The monoisotopic (exact) mass is 389 g/mol. The number of carbonyl (C=O) groups is 1. The first-order valence-electron chi connectivity index (χ1n) is 8.90. The summed E-state index contributed by atoms with van der Waals surface area (Å²) in [5.74, 6) is 0.503. The number of fused-ring (bicyclic) bond motifs is 1. The molecule has 3 aromatic rings. The van der Waals surface area contributed by atoms with Crippen LogP contribution in [0.1, 0.15) is 42.2 Å².